The van der Waals surface area contributed by atoms with E-state index >= 15 is 0 Å². The molecule has 0 amide bonds. The molecule has 0 saturated heterocycles. The summed E-state index contributed by atoms with van der Waals surface area (Å²) in [5.74, 6) is 2.57. The van der Waals surface area contributed by atoms with Crippen LogP contribution in [0, 0.1) is 6.07 Å². The van der Waals surface area contributed by atoms with Crippen molar-refractivity contribution in [3.8, 4) is 28.9 Å². The quantitative estimate of drug-likeness (QED) is 0.716. The zero-order chi connectivity index (χ0) is 16.2. The summed E-state index contributed by atoms with van der Waals surface area (Å²) in [7, 11) is 4.68. The Kier molecular flexibility index (Phi) is 4.19. The van der Waals surface area contributed by atoms with Gasteiger partial charge in [0.25, 0.3) is 0 Å². The van der Waals surface area contributed by atoms with Crippen molar-refractivity contribution in [2.24, 2.45) is 0 Å². The summed E-state index contributed by atoms with van der Waals surface area (Å²) in [6.45, 7) is 0. The zero-order valence-electron chi connectivity index (χ0n) is 13.1. The van der Waals surface area contributed by atoms with E-state index in [9.17, 15) is 0 Å². The van der Waals surface area contributed by atoms with Crippen LogP contribution in [-0.4, -0.2) is 26.3 Å². The van der Waals surface area contributed by atoms with Gasteiger partial charge in [-0.3, -0.25) is 0 Å². The minimum absolute atomic E-state index is 0.467. The molecule has 3 rings (SSSR count). The second kappa shape index (κ2) is 6.44. The summed E-state index contributed by atoms with van der Waals surface area (Å²) < 4.78 is 21.8. The summed E-state index contributed by atoms with van der Waals surface area (Å²) in [5, 5.41) is 1.00. The van der Waals surface area contributed by atoms with E-state index in [1.54, 1.807) is 39.5 Å². The molecular formula is C18H16NO4. The zero-order valence-corrected chi connectivity index (χ0v) is 13.1. The molecule has 0 N–H and O–H groups in total. The number of nitrogens with zero attached hydrogens (tertiary/aromatic N) is 1. The van der Waals surface area contributed by atoms with Crippen molar-refractivity contribution >= 4 is 10.9 Å². The van der Waals surface area contributed by atoms with E-state index in [1.807, 2.05) is 24.3 Å². The lowest BCUT2D eigenvalue weighted by molar-refractivity contribution is 0.320. The van der Waals surface area contributed by atoms with Crippen molar-refractivity contribution in [2.45, 2.75) is 0 Å². The van der Waals surface area contributed by atoms with Gasteiger partial charge in [-0.05, 0) is 6.07 Å². The fraction of sp³-hybridized carbons (Fsp3) is 0.167. The Hall–Kier alpha value is -2.95. The molecule has 0 aliphatic rings. The van der Waals surface area contributed by atoms with Crippen LogP contribution in [0.2, 0.25) is 0 Å². The van der Waals surface area contributed by atoms with Crippen LogP contribution < -0.4 is 18.9 Å². The summed E-state index contributed by atoms with van der Waals surface area (Å²) in [4.78, 5) is 4.43. The lowest BCUT2D eigenvalue weighted by atomic mass is 10.2. The Labute approximate surface area is 134 Å². The van der Waals surface area contributed by atoms with Crippen molar-refractivity contribution in [2.75, 3.05) is 21.3 Å². The molecule has 0 aliphatic carbocycles. The minimum atomic E-state index is 0.467. The van der Waals surface area contributed by atoms with Gasteiger partial charge in [0.15, 0.2) is 11.5 Å². The third-order valence-corrected chi connectivity index (χ3v) is 3.35. The third kappa shape index (κ3) is 2.99. The minimum Gasteiger partial charge on any atom is -0.493 e. The molecule has 0 fully saturated rings. The number of ether oxygens (including phenoxy) is 4. The molecule has 5 nitrogen and oxygen atoms in total. The highest BCUT2D eigenvalue weighted by molar-refractivity contribution is 5.78. The van der Waals surface area contributed by atoms with Gasteiger partial charge in [0, 0.05) is 29.7 Å². The SMILES string of the molecule is COc1cc(Oc2ccc3ccc[c]c3n2)cc(OC)c1OC. The molecule has 0 unspecified atom stereocenters. The summed E-state index contributed by atoms with van der Waals surface area (Å²) in [6, 6.07) is 16.0. The molecule has 2 aromatic carbocycles. The van der Waals surface area contributed by atoms with Crippen LogP contribution in [0.4, 0.5) is 0 Å². The number of fused-ring (bicyclic) bond motifs is 1. The average Bonchev–Trinajstić information content (AvgIpc) is 2.60. The maximum atomic E-state index is 5.82. The van der Waals surface area contributed by atoms with Gasteiger partial charge in [-0.15, -0.1) is 0 Å². The predicted molar refractivity (Wildman–Crippen MR) is 86.8 cm³/mol. The van der Waals surface area contributed by atoms with Crippen LogP contribution in [0.15, 0.2) is 42.5 Å². The molecule has 0 saturated carbocycles. The van der Waals surface area contributed by atoms with Crippen LogP contribution in [0.25, 0.3) is 10.9 Å². The van der Waals surface area contributed by atoms with Crippen LogP contribution in [-0.2, 0) is 0 Å². The van der Waals surface area contributed by atoms with Crippen LogP contribution in [0.1, 0.15) is 0 Å². The van der Waals surface area contributed by atoms with Gasteiger partial charge >= 0.3 is 0 Å². The third-order valence-electron chi connectivity index (χ3n) is 3.35. The number of para-hydroxylation sites is 1. The van der Waals surface area contributed by atoms with Crippen molar-refractivity contribution in [1.29, 1.82) is 0 Å². The fourth-order valence-electron chi connectivity index (χ4n) is 2.27. The topological polar surface area (TPSA) is 49.8 Å². The van der Waals surface area contributed by atoms with E-state index in [0.717, 1.165) is 10.9 Å². The Balaban J connectivity index is 1.97. The first kappa shape index (κ1) is 15.0. The first-order chi connectivity index (χ1) is 11.2. The van der Waals surface area contributed by atoms with E-state index < -0.39 is 0 Å². The maximum absolute atomic E-state index is 5.82. The largest absolute Gasteiger partial charge is 0.493 e. The molecule has 1 radical (unpaired) electrons. The molecule has 1 heterocycles. The molecule has 117 valence electrons. The first-order valence-electron chi connectivity index (χ1n) is 7.00. The fourth-order valence-corrected chi connectivity index (χ4v) is 2.27. The van der Waals surface area contributed by atoms with Crippen molar-refractivity contribution in [3.63, 3.8) is 0 Å². The van der Waals surface area contributed by atoms with E-state index in [2.05, 4.69) is 11.1 Å². The summed E-state index contributed by atoms with van der Waals surface area (Å²) >= 11 is 0. The maximum Gasteiger partial charge on any atom is 0.219 e. The molecular weight excluding hydrogens is 294 g/mol. The van der Waals surface area contributed by atoms with Gasteiger partial charge < -0.3 is 18.9 Å². The number of aromatic nitrogens is 1. The Morgan fingerprint density at radius 1 is 0.913 bits per heavy atom. The average molecular weight is 310 g/mol. The molecule has 0 aliphatic heterocycles. The number of hydrogen-bond acceptors (Lipinski definition) is 5. The van der Waals surface area contributed by atoms with Gasteiger partial charge in [-0.1, -0.05) is 18.2 Å². The lowest BCUT2D eigenvalue weighted by Gasteiger charge is -2.14. The van der Waals surface area contributed by atoms with E-state index in [1.165, 1.54) is 0 Å². The van der Waals surface area contributed by atoms with Gasteiger partial charge in [0.2, 0.25) is 11.6 Å². The Morgan fingerprint density at radius 2 is 1.65 bits per heavy atom. The number of rotatable bonds is 5. The van der Waals surface area contributed by atoms with Crippen molar-refractivity contribution in [3.05, 3.63) is 48.5 Å². The Bertz CT molecular complexity index is 807. The van der Waals surface area contributed by atoms with Gasteiger partial charge in [-0.2, -0.15) is 0 Å². The second-order valence-electron chi connectivity index (χ2n) is 4.72. The molecule has 0 bridgehead atoms. The molecule has 0 spiro atoms. The monoisotopic (exact) mass is 310 g/mol. The molecule has 1 aromatic heterocycles. The van der Waals surface area contributed by atoms with Gasteiger partial charge in [0.1, 0.15) is 5.75 Å². The molecule has 0 atom stereocenters. The predicted octanol–water partition coefficient (Wildman–Crippen LogP) is 3.85. The van der Waals surface area contributed by atoms with E-state index in [-0.39, 0.29) is 0 Å². The van der Waals surface area contributed by atoms with Gasteiger partial charge in [-0.25, -0.2) is 4.98 Å². The number of methoxy groups -OCH3 is 3. The Morgan fingerprint density at radius 3 is 2.30 bits per heavy atom. The highest BCUT2D eigenvalue weighted by Gasteiger charge is 2.14. The van der Waals surface area contributed by atoms with Crippen LogP contribution in [0.3, 0.4) is 0 Å². The van der Waals surface area contributed by atoms with Crippen molar-refractivity contribution in [1.82, 2.24) is 4.98 Å². The van der Waals surface area contributed by atoms with Gasteiger partial charge in [0.05, 0.1) is 26.8 Å². The number of hydrogen-bond donors (Lipinski definition) is 0. The van der Waals surface area contributed by atoms with Crippen molar-refractivity contribution < 1.29 is 18.9 Å². The smallest absolute Gasteiger partial charge is 0.219 e. The first-order valence-corrected chi connectivity index (χ1v) is 7.00. The number of pyridine rings is 1. The number of benzene rings is 2. The summed E-state index contributed by atoms with van der Waals surface area (Å²) in [5.41, 5.74) is 0.748. The highest BCUT2D eigenvalue weighted by atomic mass is 16.5. The normalized spacial score (nSPS) is 10.4. The molecule has 5 heteroatoms. The summed E-state index contributed by atoms with van der Waals surface area (Å²) in [6.07, 6.45) is 0. The van der Waals surface area contributed by atoms with E-state index in [4.69, 9.17) is 18.9 Å². The second-order valence-corrected chi connectivity index (χ2v) is 4.72. The van der Waals surface area contributed by atoms with E-state index in [0.29, 0.717) is 28.9 Å². The highest BCUT2D eigenvalue weighted by Crippen LogP contribution is 2.41. The molecule has 23 heavy (non-hydrogen) atoms. The van der Waals surface area contributed by atoms with Crippen LogP contribution in [0.5, 0.6) is 28.9 Å². The standard InChI is InChI=1S/C18H16NO4/c1-20-15-10-13(11-16(21-2)18(15)22-3)23-17-9-8-12-6-4-5-7-14(12)19-17/h4-6,8-11H,1-3H3. The lowest BCUT2D eigenvalue weighted by Crippen LogP contribution is -1.96. The molecule has 3 aromatic rings. The van der Waals surface area contributed by atoms with Crippen LogP contribution >= 0.6 is 0 Å².